The van der Waals surface area contributed by atoms with E-state index in [1.54, 1.807) is 43.3 Å². The number of thiophene rings is 1. The Bertz CT molecular complexity index is 1160. The normalized spacial score (nSPS) is 11.6. The molecule has 7 heteroatoms. The number of fused-ring (bicyclic) bond motifs is 1. The Labute approximate surface area is 145 Å². The minimum Gasteiger partial charge on any atom is -0.455 e. The van der Waals surface area contributed by atoms with Gasteiger partial charge in [0.2, 0.25) is 0 Å². The molecule has 0 aliphatic carbocycles. The second-order valence-corrected chi connectivity index (χ2v) is 6.24. The highest BCUT2D eigenvalue weighted by molar-refractivity contribution is 7.16. The van der Waals surface area contributed by atoms with Gasteiger partial charge in [-0.25, -0.2) is 9.37 Å². The Kier molecular flexibility index (Phi) is 3.77. The van der Waals surface area contributed by atoms with Crippen LogP contribution in [0.25, 0.3) is 21.5 Å². The fraction of sp³-hybridized carbons (Fsp3) is 0.0556. The van der Waals surface area contributed by atoms with E-state index in [0.29, 0.717) is 33.1 Å². The van der Waals surface area contributed by atoms with Crippen molar-refractivity contribution in [2.45, 2.75) is 6.92 Å². The van der Waals surface area contributed by atoms with E-state index < -0.39 is 0 Å². The second kappa shape index (κ2) is 6.10. The molecule has 5 nitrogen and oxygen atoms in total. The first-order valence-electron chi connectivity index (χ1n) is 7.49. The largest absolute Gasteiger partial charge is 0.455 e. The third-order valence-corrected chi connectivity index (χ3v) is 4.51. The number of aryl methyl sites for hydroxylation is 1. The van der Waals surface area contributed by atoms with E-state index in [-0.39, 0.29) is 11.4 Å². The van der Waals surface area contributed by atoms with Crippen LogP contribution < -0.4 is 5.56 Å². The second-order valence-electron chi connectivity index (χ2n) is 5.34. The lowest BCUT2D eigenvalue weighted by atomic mass is 10.1. The average Bonchev–Trinajstić information content (AvgIpc) is 3.24. The van der Waals surface area contributed by atoms with E-state index in [2.05, 4.69) is 10.1 Å². The SMILES string of the molecule is Cc1nc2sccc2c(=O)n1/N=C\c1ccc(-c2ccccc2F)o1. The molecule has 0 aliphatic rings. The van der Waals surface area contributed by atoms with Crippen molar-refractivity contribution in [2.24, 2.45) is 5.10 Å². The monoisotopic (exact) mass is 353 g/mol. The fourth-order valence-corrected chi connectivity index (χ4v) is 3.28. The van der Waals surface area contributed by atoms with Crippen LogP contribution in [0.4, 0.5) is 4.39 Å². The van der Waals surface area contributed by atoms with E-state index in [4.69, 9.17) is 4.42 Å². The molecule has 0 bridgehead atoms. The molecule has 25 heavy (non-hydrogen) atoms. The number of benzene rings is 1. The highest BCUT2D eigenvalue weighted by atomic mass is 32.1. The van der Waals surface area contributed by atoms with Gasteiger partial charge in [0, 0.05) is 0 Å². The molecule has 0 saturated heterocycles. The number of nitrogens with zero attached hydrogens (tertiary/aromatic N) is 3. The van der Waals surface area contributed by atoms with Crippen molar-refractivity contribution < 1.29 is 8.81 Å². The Balaban J connectivity index is 1.70. The molecule has 1 aromatic carbocycles. The van der Waals surface area contributed by atoms with Crippen LogP contribution in [0.5, 0.6) is 0 Å². The molecular formula is C18H12FN3O2S. The highest BCUT2D eigenvalue weighted by Crippen LogP contribution is 2.24. The number of furan rings is 1. The van der Waals surface area contributed by atoms with Crippen molar-refractivity contribution in [3.8, 4) is 11.3 Å². The van der Waals surface area contributed by atoms with Crippen molar-refractivity contribution in [1.29, 1.82) is 0 Å². The van der Waals surface area contributed by atoms with Gasteiger partial charge in [-0.05, 0) is 42.6 Å². The van der Waals surface area contributed by atoms with Gasteiger partial charge in [0.15, 0.2) is 0 Å². The summed E-state index contributed by atoms with van der Waals surface area (Å²) >= 11 is 1.41. The lowest BCUT2D eigenvalue weighted by molar-refractivity contribution is 0.562. The molecule has 3 aromatic heterocycles. The molecular weight excluding hydrogens is 341 g/mol. The lowest BCUT2D eigenvalue weighted by Gasteiger charge is -2.02. The topological polar surface area (TPSA) is 60.4 Å². The van der Waals surface area contributed by atoms with Crippen molar-refractivity contribution in [3.63, 3.8) is 0 Å². The Morgan fingerprint density at radius 2 is 2.08 bits per heavy atom. The van der Waals surface area contributed by atoms with Gasteiger partial charge in [0.05, 0.1) is 17.2 Å². The van der Waals surface area contributed by atoms with Crippen LogP contribution in [0, 0.1) is 12.7 Å². The van der Waals surface area contributed by atoms with E-state index in [0.717, 1.165) is 0 Å². The maximum absolute atomic E-state index is 13.8. The van der Waals surface area contributed by atoms with Crippen molar-refractivity contribution in [3.05, 3.63) is 75.6 Å². The highest BCUT2D eigenvalue weighted by Gasteiger charge is 2.10. The Hall–Kier alpha value is -3.06. The molecule has 0 fully saturated rings. The summed E-state index contributed by atoms with van der Waals surface area (Å²) in [6.45, 7) is 1.71. The quantitative estimate of drug-likeness (QED) is 0.522. The van der Waals surface area contributed by atoms with Gasteiger partial charge in [0.1, 0.15) is 28.0 Å². The smallest absolute Gasteiger partial charge is 0.282 e. The molecule has 0 aliphatic heterocycles. The number of halogens is 1. The third kappa shape index (κ3) is 2.78. The van der Waals surface area contributed by atoms with Crippen LogP contribution in [0.15, 0.2) is 62.2 Å². The van der Waals surface area contributed by atoms with Crippen molar-refractivity contribution in [1.82, 2.24) is 9.66 Å². The van der Waals surface area contributed by atoms with Crippen LogP contribution in [-0.2, 0) is 0 Å². The molecule has 0 spiro atoms. The van der Waals surface area contributed by atoms with Gasteiger partial charge in [-0.2, -0.15) is 9.78 Å². The minimum atomic E-state index is -0.362. The van der Waals surface area contributed by atoms with E-state index in [1.165, 1.54) is 28.3 Å². The van der Waals surface area contributed by atoms with Gasteiger partial charge >= 0.3 is 0 Å². The molecule has 124 valence electrons. The zero-order chi connectivity index (χ0) is 17.4. The Morgan fingerprint density at radius 3 is 2.92 bits per heavy atom. The molecule has 0 saturated carbocycles. The van der Waals surface area contributed by atoms with Crippen molar-refractivity contribution in [2.75, 3.05) is 0 Å². The van der Waals surface area contributed by atoms with Crippen molar-refractivity contribution >= 4 is 27.8 Å². The maximum atomic E-state index is 13.8. The zero-order valence-electron chi connectivity index (χ0n) is 13.1. The molecule has 0 unspecified atom stereocenters. The predicted octanol–water partition coefficient (Wildman–Crippen LogP) is 4.05. The first-order chi connectivity index (χ1) is 12.1. The summed E-state index contributed by atoms with van der Waals surface area (Å²) < 4.78 is 20.6. The Morgan fingerprint density at radius 1 is 1.24 bits per heavy atom. The number of aromatic nitrogens is 2. The summed E-state index contributed by atoms with van der Waals surface area (Å²) in [5.41, 5.74) is 0.137. The van der Waals surface area contributed by atoms with E-state index >= 15 is 0 Å². The van der Waals surface area contributed by atoms with E-state index in [9.17, 15) is 9.18 Å². The van der Waals surface area contributed by atoms with Crippen LogP contribution in [0.3, 0.4) is 0 Å². The number of rotatable bonds is 3. The van der Waals surface area contributed by atoms with Gasteiger partial charge < -0.3 is 4.42 Å². The standard InChI is InChI=1S/C18H12FN3O2S/c1-11-21-17-14(8-9-25-17)18(23)22(11)20-10-12-6-7-16(24-12)13-4-2-3-5-15(13)19/h2-10H,1H3/b20-10-. The summed E-state index contributed by atoms with van der Waals surface area (Å²) in [6.07, 6.45) is 1.42. The first-order valence-corrected chi connectivity index (χ1v) is 8.37. The van der Waals surface area contributed by atoms with Crippen LogP contribution in [0.2, 0.25) is 0 Å². The maximum Gasteiger partial charge on any atom is 0.282 e. The fourth-order valence-electron chi connectivity index (χ4n) is 2.48. The average molecular weight is 353 g/mol. The van der Waals surface area contributed by atoms with Crippen LogP contribution in [0.1, 0.15) is 11.6 Å². The van der Waals surface area contributed by atoms with Gasteiger partial charge in [-0.3, -0.25) is 4.79 Å². The first kappa shape index (κ1) is 15.5. The summed E-state index contributed by atoms with van der Waals surface area (Å²) in [7, 11) is 0. The van der Waals surface area contributed by atoms with Crippen LogP contribution >= 0.6 is 11.3 Å². The molecule has 4 aromatic rings. The molecule has 0 atom stereocenters. The van der Waals surface area contributed by atoms with Gasteiger partial charge in [-0.15, -0.1) is 11.3 Å². The number of hydrogen-bond acceptors (Lipinski definition) is 5. The van der Waals surface area contributed by atoms with Crippen LogP contribution in [-0.4, -0.2) is 15.9 Å². The van der Waals surface area contributed by atoms with Gasteiger partial charge in [0.25, 0.3) is 5.56 Å². The summed E-state index contributed by atoms with van der Waals surface area (Å²) in [4.78, 5) is 17.5. The summed E-state index contributed by atoms with van der Waals surface area (Å²) in [5, 5.41) is 6.51. The molecule has 0 radical (unpaired) electrons. The summed E-state index contributed by atoms with van der Waals surface area (Å²) in [6, 6.07) is 11.4. The van der Waals surface area contributed by atoms with Gasteiger partial charge in [-0.1, -0.05) is 12.1 Å². The molecule has 0 amide bonds. The molecule has 3 heterocycles. The predicted molar refractivity (Wildman–Crippen MR) is 95.7 cm³/mol. The lowest BCUT2D eigenvalue weighted by Crippen LogP contribution is -2.19. The molecule has 0 N–H and O–H groups in total. The minimum absolute atomic E-state index is 0.235. The number of hydrogen-bond donors (Lipinski definition) is 0. The zero-order valence-corrected chi connectivity index (χ0v) is 14.0. The van der Waals surface area contributed by atoms with E-state index in [1.807, 2.05) is 5.38 Å². The molecule has 4 rings (SSSR count). The third-order valence-electron chi connectivity index (χ3n) is 3.70. The summed E-state index contributed by atoms with van der Waals surface area (Å²) in [5.74, 6) is 0.932.